The van der Waals surface area contributed by atoms with Crippen molar-refractivity contribution in [2.24, 2.45) is 9.98 Å². The van der Waals surface area contributed by atoms with E-state index in [2.05, 4.69) is 16.0 Å². The predicted molar refractivity (Wildman–Crippen MR) is 62.7 cm³/mol. The normalized spacial score (nSPS) is 21.5. The lowest BCUT2D eigenvalue weighted by Crippen LogP contribution is -2.28. The summed E-state index contributed by atoms with van der Waals surface area (Å²) in [6.45, 7) is 0.0773. The summed E-state index contributed by atoms with van der Waals surface area (Å²) in [6, 6.07) is 2.96. The minimum atomic E-state index is -0.141. The number of imide groups is 1. The van der Waals surface area contributed by atoms with E-state index >= 15 is 0 Å². The maximum Gasteiger partial charge on any atom is 0.231 e. The molecule has 2 aliphatic rings. The van der Waals surface area contributed by atoms with Gasteiger partial charge in [-0.1, -0.05) is 19.3 Å². The highest BCUT2D eigenvalue weighted by Crippen LogP contribution is 2.19. The second kappa shape index (κ2) is 5.73. The average Bonchev–Trinajstić information content (AvgIpc) is 2.67. The zero-order chi connectivity index (χ0) is 12.1. The van der Waals surface area contributed by atoms with Crippen molar-refractivity contribution in [3.63, 3.8) is 0 Å². The number of carbonyl (C=O) groups is 2. The summed E-state index contributed by atoms with van der Waals surface area (Å²) < 4.78 is 0. The third kappa shape index (κ3) is 3.24. The Labute approximate surface area is 101 Å². The number of nitrogens with zero attached hydrogens (tertiary/aromatic N) is 3. The molecule has 0 radical (unpaired) electrons. The SMILES string of the molecule is O=C1CCC(=O)N1CN=C=NC1CCCCC1. The van der Waals surface area contributed by atoms with Gasteiger partial charge < -0.3 is 0 Å². The average molecular weight is 235 g/mol. The van der Waals surface area contributed by atoms with Crippen LogP contribution in [0, 0.1) is 0 Å². The van der Waals surface area contributed by atoms with Crippen LogP contribution in [0.5, 0.6) is 0 Å². The molecule has 2 fully saturated rings. The Morgan fingerprint density at radius 1 is 1.12 bits per heavy atom. The molecule has 0 aromatic rings. The van der Waals surface area contributed by atoms with Gasteiger partial charge in [-0.3, -0.25) is 14.5 Å². The van der Waals surface area contributed by atoms with Gasteiger partial charge in [-0.15, -0.1) is 0 Å². The first kappa shape index (κ1) is 12.0. The van der Waals surface area contributed by atoms with E-state index in [9.17, 15) is 9.59 Å². The van der Waals surface area contributed by atoms with Crippen molar-refractivity contribution in [1.82, 2.24) is 4.90 Å². The van der Waals surface area contributed by atoms with E-state index in [1.807, 2.05) is 0 Å². The lowest BCUT2D eigenvalue weighted by molar-refractivity contribution is -0.138. The number of aliphatic imine (C=N–C) groups is 2. The van der Waals surface area contributed by atoms with E-state index in [0.29, 0.717) is 18.9 Å². The maximum absolute atomic E-state index is 11.3. The van der Waals surface area contributed by atoms with E-state index < -0.39 is 0 Å². The molecule has 1 saturated heterocycles. The summed E-state index contributed by atoms with van der Waals surface area (Å²) in [4.78, 5) is 31.8. The van der Waals surface area contributed by atoms with Crippen LogP contribution in [0.25, 0.3) is 0 Å². The minimum Gasteiger partial charge on any atom is -0.274 e. The van der Waals surface area contributed by atoms with Crippen LogP contribution in [-0.2, 0) is 9.59 Å². The van der Waals surface area contributed by atoms with Crippen molar-refractivity contribution >= 4 is 17.8 Å². The van der Waals surface area contributed by atoms with Gasteiger partial charge >= 0.3 is 0 Å². The summed E-state index contributed by atoms with van der Waals surface area (Å²) in [5.41, 5.74) is 0. The summed E-state index contributed by atoms with van der Waals surface area (Å²) in [5.74, 6) is -0.281. The molecule has 0 aromatic carbocycles. The van der Waals surface area contributed by atoms with Crippen molar-refractivity contribution in [2.75, 3.05) is 6.67 Å². The number of hydrogen-bond donors (Lipinski definition) is 0. The third-order valence-electron chi connectivity index (χ3n) is 3.25. The molecule has 5 heteroatoms. The number of amides is 2. The van der Waals surface area contributed by atoms with E-state index in [-0.39, 0.29) is 18.5 Å². The molecule has 92 valence electrons. The molecule has 0 atom stereocenters. The molecule has 1 aliphatic carbocycles. The lowest BCUT2D eigenvalue weighted by Gasteiger charge is -2.15. The lowest BCUT2D eigenvalue weighted by atomic mass is 9.96. The number of carbonyl (C=O) groups excluding carboxylic acids is 2. The topological polar surface area (TPSA) is 62.1 Å². The van der Waals surface area contributed by atoms with Gasteiger partial charge in [-0.2, -0.15) is 0 Å². The quantitative estimate of drug-likeness (QED) is 0.551. The van der Waals surface area contributed by atoms with Crippen LogP contribution in [0.2, 0.25) is 0 Å². The molecule has 1 heterocycles. The zero-order valence-corrected chi connectivity index (χ0v) is 9.89. The molecule has 1 aliphatic heterocycles. The highest BCUT2D eigenvalue weighted by molar-refractivity contribution is 6.01. The largest absolute Gasteiger partial charge is 0.274 e. The summed E-state index contributed by atoms with van der Waals surface area (Å²) in [5, 5.41) is 0. The third-order valence-corrected chi connectivity index (χ3v) is 3.25. The fourth-order valence-electron chi connectivity index (χ4n) is 2.22. The van der Waals surface area contributed by atoms with Gasteiger partial charge in [0.15, 0.2) is 0 Å². The van der Waals surface area contributed by atoms with Gasteiger partial charge in [-0.25, -0.2) is 9.98 Å². The fraction of sp³-hybridized carbons (Fsp3) is 0.750. The number of rotatable bonds is 3. The minimum absolute atomic E-state index is 0.0773. The van der Waals surface area contributed by atoms with Crippen LogP contribution in [0.3, 0.4) is 0 Å². The summed E-state index contributed by atoms with van der Waals surface area (Å²) in [6.07, 6.45) is 6.56. The molecule has 0 aromatic heterocycles. The first-order valence-electron chi connectivity index (χ1n) is 6.22. The Morgan fingerprint density at radius 2 is 1.76 bits per heavy atom. The molecule has 0 spiro atoms. The number of hydrogen-bond acceptors (Lipinski definition) is 4. The molecule has 2 amide bonds. The summed E-state index contributed by atoms with van der Waals surface area (Å²) >= 11 is 0. The molecule has 17 heavy (non-hydrogen) atoms. The van der Waals surface area contributed by atoms with Gasteiger partial charge in [0.1, 0.15) is 6.67 Å². The van der Waals surface area contributed by atoms with Crippen molar-refractivity contribution < 1.29 is 9.59 Å². The molecule has 0 bridgehead atoms. The van der Waals surface area contributed by atoms with E-state index in [1.54, 1.807) is 0 Å². The first-order chi connectivity index (χ1) is 8.27. The molecule has 0 N–H and O–H groups in total. The Hall–Kier alpha value is -1.48. The molecule has 1 saturated carbocycles. The molecule has 5 nitrogen and oxygen atoms in total. The second-order valence-corrected chi connectivity index (χ2v) is 4.54. The molecular weight excluding hydrogens is 218 g/mol. The Kier molecular flexibility index (Phi) is 4.04. The van der Waals surface area contributed by atoms with Gasteiger partial charge in [-0.05, 0) is 12.8 Å². The van der Waals surface area contributed by atoms with Crippen LogP contribution in [0.4, 0.5) is 0 Å². The number of likely N-dealkylation sites (tertiary alicyclic amines) is 1. The van der Waals surface area contributed by atoms with Gasteiger partial charge in [0, 0.05) is 12.8 Å². The summed E-state index contributed by atoms with van der Waals surface area (Å²) in [7, 11) is 0. The highest BCUT2D eigenvalue weighted by Gasteiger charge is 2.28. The predicted octanol–water partition coefficient (Wildman–Crippen LogP) is 1.60. The smallest absolute Gasteiger partial charge is 0.231 e. The molecule has 0 unspecified atom stereocenters. The molecule has 2 rings (SSSR count). The second-order valence-electron chi connectivity index (χ2n) is 4.54. The van der Waals surface area contributed by atoms with Gasteiger partial charge in [0.25, 0.3) is 0 Å². The van der Waals surface area contributed by atoms with Crippen molar-refractivity contribution in [3.05, 3.63) is 0 Å². The first-order valence-corrected chi connectivity index (χ1v) is 6.22. The van der Waals surface area contributed by atoms with Crippen LogP contribution in [0.1, 0.15) is 44.9 Å². The highest BCUT2D eigenvalue weighted by atomic mass is 16.2. The monoisotopic (exact) mass is 235 g/mol. The Morgan fingerprint density at radius 3 is 2.41 bits per heavy atom. The van der Waals surface area contributed by atoms with E-state index in [0.717, 1.165) is 12.8 Å². The van der Waals surface area contributed by atoms with Gasteiger partial charge in [0.05, 0.1) is 12.1 Å². The van der Waals surface area contributed by atoms with Crippen molar-refractivity contribution in [1.29, 1.82) is 0 Å². The Balaban J connectivity index is 1.82. The van der Waals surface area contributed by atoms with E-state index in [4.69, 9.17) is 0 Å². The van der Waals surface area contributed by atoms with Crippen LogP contribution >= 0.6 is 0 Å². The van der Waals surface area contributed by atoms with Gasteiger partial charge in [0.2, 0.25) is 11.8 Å². The standard InChI is InChI=1S/C12H17N3O2/c16-11-6-7-12(17)15(11)9-13-8-14-10-4-2-1-3-5-10/h10H,1-7,9H2. The van der Waals surface area contributed by atoms with Crippen LogP contribution in [-0.4, -0.2) is 35.4 Å². The fourth-order valence-corrected chi connectivity index (χ4v) is 2.22. The van der Waals surface area contributed by atoms with Crippen molar-refractivity contribution in [3.8, 4) is 0 Å². The van der Waals surface area contributed by atoms with Crippen LogP contribution in [0.15, 0.2) is 9.98 Å². The van der Waals surface area contributed by atoms with Crippen LogP contribution < -0.4 is 0 Å². The Bertz CT molecular complexity index is 350. The molecular formula is C12H17N3O2. The zero-order valence-electron chi connectivity index (χ0n) is 9.89. The van der Waals surface area contributed by atoms with E-state index in [1.165, 1.54) is 24.2 Å². The maximum atomic E-state index is 11.3. The van der Waals surface area contributed by atoms with Crippen molar-refractivity contribution in [2.45, 2.75) is 51.0 Å².